The van der Waals surface area contributed by atoms with Crippen molar-refractivity contribution in [3.63, 3.8) is 0 Å². The molecule has 1 heterocycles. The molecular formula is C13H12BrClFNS. The van der Waals surface area contributed by atoms with E-state index < -0.39 is 0 Å². The zero-order valence-electron chi connectivity index (χ0n) is 9.71. The zero-order valence-corrected chi connectivity index (χ0v) is 12.9. The van der Waals surface area contributed by atoms with E-state index in [4.69, 9.17) is 11.6 Å². The third kappa shape index (κ3) is 3.12. The molecule has 2 aromatic rings. The molecule has 1 aromatic heterocycles. The predicted octanol–water partition coefficient (Wildman–Crippen LogP) is 4.81. The molecule has 0 bridgehead atoms. The van der Waals surface area contributed by atoms with E-state index in [1.807, 2.05) is 18.5 Å². The minimum atomic E-state index is -0.324. The Balaban J connectivity index is 2.23. The Morgan fingerprint density at radius 3 is 2.89 bits per heavy atom. The van der Waals surface area contributed by atoms with Crippen LogP contribution in [0.25, 0.3) is 0 Å². The van der Waals surface area contributed by atoms with Crippen LogP contribution in [0, 0.1) is 5.82 Å². The van der Waals surface area contributed by atoms with Crippen LogP contribution in [0.3, 0.4) is 0 Å². The molecule has 0 fully saturated rings. The van der Waals surface area contributed by atoms with Gasteiger partial charge in [-0.05, 0) is 47.1 Å². The van der Waals surface area contributed by atoms with Gasteiger partial charge in [-0.25, -0.2) is 4.39 Å². The lowest BCUT2D eigenvalue weighted by Gasteiger charge is -2.15. The van der Waals surface area contributed by atoms with Crippen LogP contribution < -0.4 is 5.32 Å². The first-order chi connectivity index (χ1) is 8.61. The van der Waals surface area contributed by atoms with E-state index in [9.17, 15) is 4.39 Å². The fourth-order valence-electron chi connectivity index (χ4n) is 1.78. The molecule has 1 unspecified atom stereocenters. The predicted molar refractivity (Wildman–Crippen MR) is 78.9 cm³/mol. The molecule has 0 aliphatic carbocycles. The van der Waals surface area contributed by atoms with Gasteiger partial charge in [-0.2, -0.15) is 0 Å². The highest BCUT2D eigenvalue weighted by atomic mass is 79.9. The normalized spacial score (nSPS) is 12.7. The average molecular weight is 349 g/mol. The summed E-state index contributed by atoms with van der Waals surface area (Å²) in [5.74, 6) is -0.324. The quantitative estimate of drug-likeness (QED) is 0.836. The lowest BCUT2D eigenvalue weighted by molar-refractivity contribution is 0.560. The van der Waals surface area contributed by atoms with Crippen LogP contribution in [0.4, 0.5) is 4.39 Å². The molecule has 0 aliphatic rings. The van der Waals surface area contributed by atoms with Gasteiger partial charge in [-0.3, -0.25) is 0 Å². The molecule has 0 amide bonds. The van der Waals surface area contributed by atoms with Gasteiger partial charge in [0.1, 0.15) is 5.82 Å². The highest BCUT2D eigenvalue weighted by molar-refractivity contribution is 9.10. The number of hydrogen-bond acceptors (Lipinski definition) is 2. The summed E-state index contributed by atoms with van der Waals surface area (Å²) in [5.41, 5.74) is 0.631. The van der Waals surface area contributed by atoms with Crippen molar-refractivity contribution in [1.82, 2.24) is 5.32 Å². The van der Waals surface area contributed by atoms with Crippen LogP contribution in [-0.2, 0) is 6.42 Å². The van der Waals surface area contributed by atoms with Crippen molar-refractivity contribution < 1.29 is 4.39 Å². The molecule has 1 atom stereocenters. The van der Waals surface area contributed by atoms with Gasteiger partial charge in [0.25, 0.3) is 0 Å². The summed E-state index contributed by atoms with van der Waals surface area (Å²) in [7, 11) is 1.88. The van der Waals surface area contributed by atoms with Crippen molar-refractivity contribution in [1.29, 1.82) is 0 Å². The van der Waals surface area contributed by atoms with Gasteiger partial charge < -0.3 is 5.32 Å². The van der Waals surface area contributed by atoms with Crippen molar-refractivity contribution in [3.05, 3.63) is 55.4 Å². The Morgan fingerprint density at radius 1 is 1.50 bits per heavy atom. The average Bonchev–Trinajstić information content (AvgIpc) is 2.78. The molecule has 1 aromatic carbocycles. The standard InChI is InChI=1S/C13H12BrClFNS/c1-17-11(12-6-9(14)7-18-12)5-8-3-2-4-10(15)13(8)16/h2-4,6-7,11,17H,5H2,1H3. The van der Waals surface area contributed by atoms with Gasteiger partial charge in [-0.1, -0.05) is 23.7 Å². The maximum atomic E-state index is 13.9. The largest absolute Gasteiger partial charge is 0.312 e. The molecule has 1 N–H and O–H groups in total. The van der Waals surface area contributed by atoms with E-state index >= 15 is 0 Å². The van der Waals surface area contributed by atoms with E-state index in [2.05, 4.69) is 21.2 Å². The first-order valence-electron chi connectivity index (χ1n) is 5.46. The lowest BCUT2D eigenvalue weighted by Crippen LogP contribution is -2.18. The van der Waals surface area contributed by atoms with E-state index in [-0.39, 0.29) is 16.9 Å². The topological polar surface area (TPSA) is 12.0 Å². The fraction of sp³-hybridized carbons (Fsp3) is 0.231. The summed E-state index contributed by atoms with van der Waals surface area (Å²) in [6.45, 7) is 0. The van der Waals surface area contributed by atoms with Gasteiger partial charge in [-0.15, -0.1) is 11.3 Å². The molecule has 18 heavy (non-hydrogen) atoms. The second-order valence-electron chi connectivity index (χ2n) is 3.93. The molecule has 0 radical (unpaired) electrons. The zero-order chi connectivity index (χ0) is 13.1. The Labute approximate surface area is 123 Å². The first kappa shape index (κ1) is 14.0. The molecular weight excluding hydrogens is 337 g/mol. The second kappa shape index (κ2) is 6.15. The smallest absolute Gasteiger partial charge is 0.145 e. The van der Waals surface area contributed by atoms with Crippen molar-refractivity contribution in [3.8, 4) is 0 Å². The minimum absolute atomic E-state index is 0.0919. The Morgan fingerprint density at radius 2 is 2.28 bits per heavy atom. The van der Waals surface area contributed by atoms with Crippen LogP contribution >= 0.6 is 38.9 Å². The van der Waals surface area contributed by atoms with E-state index in [0.717, 1.165) is 4.47 Å². The third-order valence-corrected chi connectivity index (χ3v) is 4.83. The molecule has 5 heteroatoms. The summed E-state index contributed by atoms with van der Waals surface area (Å²) in [5, 5.41) is 5.40. The van der Waals surface area contributed by atoms with Crippen LogP contribution in [0.5, 0.6) is 0 Å². The molecule has 1 nitrogen and oxygen atoms in total. The molecule has 0 saturated heterocycles. The SMILES string of the molecule is CNC(Cc1cccc(Cl)c1F)c1cc(Br)cs1. The summed E-state index contributed by atoms with van der Waals surface area (Å²) >= 11 is 10.9. The molecule has 96 valence electrons. The van der Waals surface area contributed by atoms with Crippen LogP contribution in [-0.4, -0.2) is 7.05 Å². The summed E-state index contributed by atoms with van der Waals surface area (Å²) < 4.78 is 14.9. The number of hydrogen-bond donors (Lipinski definition) is 1. The number of likely N-dealkylation sites (N-methyl/N-ethyl adjacent to an activating group) is 1. The Bertz CT molecular complexity index is 544. The monoisotopic (exact) mass is 347 g/mol. The van der Waals surface area contributed by atoms with E-state index in [1.54, 1.807) is 29.5 Å². The van der Waals surface area contributed by atoms with Crippen LogP contribution in [0.1, 0.15) is 16.5 Å². The van der Waals surface area contributed by atoms with E-state index in [0.29, 0.717) is 12.0 Å². The highest BCUT2D eigenvalue weighted by Gasteiger charge is 2.15. The van der Waals surface area contributed by atoms with Gasteiger partial charge in [0.15, 0.2) is 0 Å². The number of thiophene rings is 1. The summed E-state index contributed by atoms with van der Waals surface area (Å²) in [6, 6.07) is 7.26. The molecule has 0 saturated carbocycles. The number of rotatable bonds is 4. The first-order valence-corrected chi connectivity index (χ1v) is 7.51. The maximum absolute atomic E-state index is 13.9. The van der Waals surface area contributed by atoms with Gasteiger partial charge in [0.2, 0.25) is 0 Å². The number of halogens is 3. The molecule has 2 rings (SSSR count). The highest BCUT2D eigenvalue weighted by Crippen LogP contribution is 2.29. The molecule has 0 spiro atoms. The second-order valence-corrected chi connectivity index (χ2v) is 6.19. The van der Waals surface area contributed by atoms with Crippen molar-refractivity contribution in [2.24, 2.45) is 0 Å². The number of nitrogens with one attached hydrogen (secondary N) is 1. The maximum Gasteiger partial charge on any atom is 0.145 e. The minimum Gasteiger partial charge on any atom is -0.312 e. The number of benzene rings is 1. The fourth-order valence-corrected chi connectivity index (χ4v) is 3.53. The Hall–Kier alpha value is -0.420. The van der Waals surface area contributed by atoms with Gasteiger partial charge in [0.05, 0.1) is 5.02 Å². The van der Waals surface area contributed by atoms with Crippen molar-refractivity contribution in [2.45, 2.75) is 12.5 Å². The van der Waals surface area contributed by atoms with Crippen LogP contribution in [0.15, 0.2) is 34.1 Å². The van der Waals surface area contributed by atoms with Crippen molar-refractivity contribution in [2.75, 3.05) is 7.05 Å². The summed E-state index contributed by atoms with van der Waals surface area (Å²) in [6.07, 6.45) is 0.579. The molecule has 0 aliphatic heterocycles. The van der Waals surface area contributed by atoms with E-state index in [1.165, 1.54) is 4.88 Å². The Kier molecular flexibility index (Phi) is 4.78. The third-order valence-electron chi connectivity index (χ3n) is 2.74. The lowest BCUT2D eigenvalue weighted by atomic mass is 10.0. The van der Waals surface area contributed by atoms with Gasteiger partial charge in [0, 0.05) is 20.8 Å². The van der Waals surface area contributed by atoms with Gasteiger partial charge >= 0.3 is 0 Å². The summed E-state index contributed by atoms with van der Waals surface area (Å²) in [4.78, 5) is 1.17. The van der Waals surface area contributed by atoms with Crippen LogP contribution in [0.2, 0.25) is 5.02 Å². The van der Waals surface area contributed by atoms with Crippen molar-refractivity contribution >= 4 is 38.9 Å².